The molecule has 0 N–H and O–H groups in total. The number of hydrogen-bond donors (Lipinski definition) is 0. The first-order chi connectivity index (χ1) is 14.6. The predicted octanol–water partition coefficient (Wildman–Crippen LogP) is 4.11. The van der Waals surface area contributed by atoms with E-state index < -0.39 is 0 Å². The molecule has 3 heterocycles. The first kappa shape index (κ1) is 20.2. The van der Waals surface area contributed by atoms with Gasteiger partial charge in [0.15, 0.2) is 11.5 Å². The minimum absolute atomic E-state index is 0.173. The van der Waals surface area contributed by atoms with Gasteiger partial charge in [-0.2, -0.15) is 0 Å². The highest BCUT2D eigenvalue weighted by Crippen LogP contribution is 2.31. The third kappa shape index (κ3) is 4.24. The minimum atomic E-state index is -0.173. The Morgan fingerprint density at radius 3 is 2.57 bits per heavy atom. The quantitative estimate of drug-likeness (QED) is 0.417. The van der Waals surface area contributed by atoms with Crippen LogP contribution in [-0.4, -0.2) is 33.8 Å². The number of pyridine rings is 1. The van der Waals surface area contributed by atoms with Gasteiger partial charge in [0.2, 0.25) is 0 Å². The molecule has 4 rings (SSSR count). The third-order valence-corrected chi connectivity index (χ3v) is 5.54. The Labute approximate surface area is 181 Å². The summed E-state index contributed by atoms with van der Waals surface area (Å²) in [5.41, 5.74) is 2.64. The Hall–Kier alpha value is -3.10. The van der Waals surface area contributed by atoms with Crippen molar-refractivity contribution in [3.05, 3.63) is 75.8 Å². The molecule has 9 heteroatoms. The largest absolute Gasteiger partial charge is 0.493 e. The Morgan fingerprint density at radius 1 is 1.00 bits per heavy atom. The van der Waals surface area contributed by atoms with Gasteiger partial charge in [0.05, 0.1) is 30.6 Å². The van der Waals surface area contributed by atoms with Crippen molar-refractivity contribution in [1.82, 2.24) is 19.6 Å². The summed E-state index contributed by atoms with van der Waals surface area (Å²) in [5.74, 6) is 1.78. The van der Waals surface area contributed by atoms with Crippen molar-refractivity contribution >= 4 is 29.0 Å². The van der Waals surface area contributed by atoms with Crippen molar-refractivity contribution in [2.45, 2.75) is 10.8 Å². The van der Waals surface area contributed by atoms with E-state index in [4.69, 9.17) is 21.1 Å². The molecule has 0 saturated carbocycles. The maximum Gasteiger partial charge on any atom is 0.258 e. The molecule has 0 bridgehead atoms. The molecule has 1 aromatic carbocycles. The molecule has 7 nitrogen and oxygen atoms in total. The zero-order valence-corrected chi connectivity index (χ0v) is 17.8. The molecule has 30 heavy (non-hydrogen) atoms. The van der Waals surface area contributed by atoms with E-state index in [-0.39, 0.29) is 5.56 Å². The highest BCUT2D eigenvalue weighted by molar-refractivity contribution is 7.98. The lowest BCUT2D eigenvalue weighted by atomic mass is 10.1. The number of thioether (sulfide) groups is 1. The maximum atomic E-state index is 12.3. The van der Waals surface area contributed by atoms with Gasteiger partial charge in [0, 0.05) is 23.6 Å². The Bertz CT molecular complexity index is 1260. The van der Waals surface area contributed by atoms with Crippen molar-refractivity contribution in [2.24, 2.45) is 0 Å². The van der Waals surface area contributed by atoms with Crippen LogP contribution in [0.25, 0.3) is 16.9 Å². The van der Waals surface area contributed by atoms with Crippen molar-refractivity contribution in [2.75, 3.05) is 14.2 Å². The summed E-state index contributed by atoms with van der Waals surface area (Å²) in [5, 5.41) is 9.80. The molecule has 0 unspecified atom stereocenters. The molecule has 0 aliphatic carbocycles. The van der Waals surface area contributed by atoms with Crippen molar-refractivity contribution in [3.63, 3.8) is 0 Å². The van der Waals surface area contributed by atoms with Crippen molar-refractivity contribution in [1.29, 1.82) is 0 Å². The van der Waals surface area contributed by atoms with Crippen LogP contribution < -0.4 is 15.0 Å². The lowest BCUT2D eigenvalue weighted by molar-refractivity contribution is 0.355. The molecule has 0 spiro atoms. The number of halogens is 1. The average Bonchev–Trinajstić information content (AvgIpc) is 2.78. The lowest BCUT2D eigenvalue weighted by Gasteiger charge is -2.09. The fraction of sp³-hybridized carbons (Fsp3) is 0.143. The van der Waals surface area contributed by atoms with Crippen LogP contribution in [-0.2, 0) is 5.75 Å². The van der Waals surface area contributed by atoms with Gasteiger partial charge in [-0.05, 0) is 42.5 Å². The number of fused-ring (bicyclic) bond motifs is 1. The minimum Gasteiger partial charge on any atom is -0.493 e. The summed E-state index contributed by atoms with van der Waals surface area (Å²) in [7, 11) is 3.19. The number of benzene rings is 1. The number of ether oxygens (including phenoxy) is 2. The molecule has 0 radical (unpaired) electrons. The van der Waals surface area contributed by atoms with E-state index in [0.717, 1.165) is 16.3 Å². The summed E-state index contributed by atoms with van der Waals surface area (Å²) in [4.78, 5) is 16.8. The highest BCUT2D eigenvalue weighted by atomic mass is 35.5. The van der Waals surface area contributed by atoms with Gasteiger partial charge >= 0.3 is 0 Å². The van der Waals surface area contributed by atoms with Crippen LogP contribution in [0.5, 0.6) is 11.5 Å². The third-order valence-electron chi connectivity index (χ3n) is 4.36. The van der Waals surface area contributed by atoms with Crippen LogP contribution >= 0.6 is 23.4 Å². The van der Waals surface area contributed by atoms with E-state index in [1.807, 2.05) is 30.3 Å². The van der Waals surface area contributed by atoms with Gasteiger partial charge in [-0.15, -0.1) is 10.2 Å². The van der Waals surface area contributed by atoms with Gasteiger partial charge in [-0.3, -0.25) is 9.20 Å². The molecular formula is C21H17ClN4O3S. The van der Waals surface area contributed by atoms with Gasteiger partial charge in [-0.1, -0.05) is 23.4 Å². The van der Waals surface area contributed by atoms with E-state index in [0.29, 0.717) is 33.6 Å². The molecule has 3 aromatic heterocycles. The second-order valence-electron chi connectivity index (χ2n) is 6.28. The molecule has 0 atom stereocenters. The number of hydrogen-bond acceptors (Lipinski definition) is 7. The van der Waals surface area contributed by atoms with Crippen LogP contribution in [0, 0.1) is 0 Å². The predicted molar refractivity (Wildman–Crippen MR) is 117 cm³/mol. The highest BCUT2D eigenvalue weighted by Gasteiger charge is 2.09. The lowest BCUT2D eigenvalue weighted by Crippen LogP contribution is -2.15. The van der Waals surface area contributed by atoms with Gasteiger partial charge in [0.25, 0.3) is 5.56 Å². The summed E-state index contributed by atoms with van der Waals surface area (Å²) in [6.07, 6.45) is 1.56. The second kappa shape index (κ2) is 8.73. The smallest absolute Gasteiger partial charge is 0.258 e. The number of nitrogens with zero attached hydrogens (tertiary/aromatic N) is 4. The average molecular weight is 441 g/mol. The van der Waals surface area contributed by atoms with E-state index >= 15 is 0 Å². The van der Waals surface area contributed by atoms with Crippen molar-refractivity contribution in [3.8, 4) is 22.8 Å². The van der Waals surface area contributed by atoms with Gasteiger partial charge in [0.1, 0.15) is 10.7 Å². The van der Waals surface area contributed by atoms with Crippen LogP contribution in [0.2, 0.25) is 5.02 Å². The fourth-order valence-electron chi connectivity index (χ4n) is 2.89. The SMILES string of the molecule is COc1ccc(-c2ccc(SCc3cc(=O)n4cc(Cl)ccc4n3)nn2)cc1OC. The summed E-state index contributed by atoms with van der Waals surface area (Å²) in [6, 6.07) is 14.3. The second-order valence-corrected chi connectivity index (χ2v) is 7.71. The van der Waals surface area contributed by atoms with E-state index in [1.54, 1.807) is 32.5 Å². The first-order valence-electron chi connectivity index (χ1n) is 8.94. The molecule has 0 aliphatic rings. The summed E-state index contributed by atoms with van der Waals surface area (Å²) in [6.45, 7) is 0. The molecular weight excluding hydrogens is 424 g/mol. The maximum absolute atomic E-state index is 12.3. The van der Waals surface area contributed by atoms with Crippen LogP contribution in [0.1, 0.15) is 5.69 Å². The summed E-state index contributed by atoms with van der Waals surface area (Å²) < 4.78 is 12.0. The Morgan fingerprint density at radius 2 is 1.83 bits per heavy atom. The molecule has 0 amide bonds. The zero-order chi connectivity index (χ0) is 21.1. The number of aromatic nitrogens is 4. The van der Waals surface area contributed by atoms with E-state index in [9.17, 15) is 4.79 Å². The van der Waals surface area contributed by atoms with Crippen LogP contribution in [0.15, 0.2) is 64.5 Å². The topological polar surface area (TPSA) is 78.6 Å². The fourth-order valence-corrected chi connectivity index (χ4v) is 3.76. The van der Waals surface area contributed by atoms with E-state index in [2.05, 4.69) is 15.2 Å². The Balaban J connectivity index is 1.50. The molecule has 152 valence electrons. The standard InChI is InChI=1S/C21H17ClN4O3S/c1-28-17-6-3-13(9-18(17)29-2)16-5-8-20(25-24-16)30-12-15-10-21(27)26-11-14(22)4-7-19(26)23-15/h3-11H,12H2,1-2H3. The summed E-state index contributed by atoms with van der Waals surface area (Å²) >= 11 is 7.40. The van der Waals surface area contributed by atoms with E-state index in [1.165, 1.54) is 22.2 Å². The van der Waals surface area contributed by atoms with Crippen molar-refractivity contribution < 1.29 is 9.47 Å². The first-order valence-corrected chi connectivity index (χ1v) is 10.3. The monoisotopic (exact) mass is 440 g/mol. The molecule has 0 aliphatic heterocycles. The number of methoxy groups -OCH3 is 2. The Kier molecular flexibility index (Phi) is 5.87. The number of rotatable bonds is 6. The van der Waals surface area contributed by atoms with Crippen LogP contribution in [0.3, 0.4) is 0 Å². The van der Waals surface area contributed by atoms with Crippen LogP contribution in [0.4, 0.5) is 0 Å². The molecule has 0 fully saturated rings. The van der Waals surface area contributed by atoms with Gasteiger partial charge < -0.3 is 9.47 Å². The molecule has 0 saturated heterocycles. The normalized spacial score (nSPS) is 10.9. The molecule has 4 aromatic rings. The van der Waals surface area contributed by atoms with Gasteiger partial charge in [-0.25, -0.2) is 4.98 Å². The zero-order valence-electron chi connectivity index (χ0n) is 16.2.